The van der Waals surface area contributed by atoms with Gasteiger partial charge in [0.2, 0.25) is 5.75 Å². The highest BCUT2D eigenvalue weighted by Crippen LogP contribution is 2.41. The normalized spacial score (nSPS) is 15.6. The Morgan fingerprint density at radius 1 is 0.938 bits per heavy atom. The number of fused-ring (bicyclic) bond motifs is 1. The minimum absolute atomic E-state index is 0.211. The first-order valence-electron chi connectivity index (χ1n) is 10.00. The predicted molar refractivity (Wildman–Crippen MR) is 121 cm³/mol. The van der Waals surface area contributed by atoms with E-state index in [1.165, 1.54) is 7.11 Å². The molecule has 0 amide bonds. The molecule has 9 nitrogen and oxygen atoms in total. The fraction of sp³-hybridized carbons (Fsp3) is 0.455. The summed E-state index contributed by atoms with van der Waals surface area (Å²) in [5.74, 6) is 2.08. The van der Waals surface area contributed by atoms with Gasteiger partial charge in [-0.1, -0.05) is 0 Å². The number of methoxy groups -OCH3 is 4. The van der Waals surface area contributed by atoms with Crippen molar-refractivity contribution in [1.82, 2.24) is 4.90 Å². The maximum Gasteiger partial charge on any atom is 0.357 e. The molecule has 2 aromatic rings. The summed E-state index contributed by atoms with van der Waals surface area (Å²) in [5, 5.41) is 0. The van der Waals surface area contributed by atoms with E-state index in [1.807, 2.05) is 12.1 Å². The van der Waals surface area contributed by atoms with Crippen LogP contribution in [0, 0.1) is 0 Å². The molecule has 0 aliphatic carbocycles. The van der Waals surface area contributed by atoms with Crippen molar-refractivity contribution in [2.24, 2.45) is 0 Å². The molecule has 1 heterocycles. The quantitative estimate of drug-likeness (QED) is 0.571. The number of anilines is 1. The Morgan fingerprint density at radius 3 is 2.03 bits per heavy atom. The van der Waals surface area contributed by atoms with Crippen LogP contribution in [0.2, 0.25) is 0 Å². The Kier molecular flexibility index (Phi) is 6.77. The van der Waals surface area contributed by atoms with Gasteiger partial charge in [-0.15, -0.1) is 0 Å². The van der Waals surface area contributed by atoms with Crippen LogP contribution in [0.3, 0.4) is 0 Å². The number of rotatable bonds is 8. The topological polar surface area (TPSA) is 107 Å². The van der Waals surface area contributed by atoms with Gasteiger partial charge in [0.1, 0.15) is 5.75 Å². The molecule has 1 aliphatic heterocycles. The van der Waals surface area contributed by atoms with Gasteiger partial charge in [-0.2, -0.15) is 8.42 Å². The fourth-order valence-electron chi connectivity index (χ4n) is 4.08. The van der Waals surface area contributed by atoms with E-state index in [2.05, 4.69) is 23.5 Å². The summed E-state index contributed by atoms with van der Waals surface area (Å²) in [5.41, 5.74) is 3.00. The second-order valence-corrected chi connectivity index (χ2v) is 9.43. The molecular formula is C22H30N2O7S. The second kappa shape index (κ2) is 9.05. The summed E-state index contributed by atoms with van der Waals surface area (Å²) in [6.45, 7) is 5.53. The minimum Gasteiger partial charge on any atom is -0.495 e. The Hall–Kier alpha value is -2.69. The SMILES string of the molecule is COc1cc2c(cc1NS(=O)(=O)O)CC(C)(C)N(Cc1cc(OC)c(OC)c(OC)c1)C2. The number of ether oxygens (including phenoxy) is 4. The summed E-state index contributed by atoms with van der Waals surface area (Å²) in [6, 6.07) is 7.40. The number of nitrogens with one attached hydrogen (secondary N) is 1. The Labute approximate surface area is 189 Å². The molecule has 0 aromatic heterocycles. The first-order chi connectivity index (χ1) is 15.0. The van der Waals surface area contributed by atoms with E-state index in [0.717, 1.165) is 16.7 Å². The molecule has 0 radical (unpaired) electrons. The lowest BCUT2D eigenvalue weighted by Crippen LogP contribution is -2.47. The van der Waals surface area contributed by atoms with Crippen molar-refractivity contribution in [2.75, 3.05) is 33.2 Å². The zero-order chi connectivity index (χ0) is 23.7. The van der Waals surface area contributed by atoms with E-state index < -0.39 is 10.3 Å². The van der Waals surface area contributed by atoms with E-state index in [-0.39, 0.29) is 11.2 Å². The first kappa shape index (κ1) is 24.0. The van der Waals surface area contributed by atoms with Gasteiger partial charge in [0.25, 0.3) is 0 Å². The van der Waals surface area contributed by atoms with Gasteiger partial charge < -0.3 is 18.9 Å². The van der Waals surface area contributed by atoms with Crippen LogP contribution in [-0.2, 0) is 29.8 Å². The molecule has 0 atom stereocenters. The monoisotopic (exact) mass is 466 g/mol. The molecule has 0 bridgehead atoms. The molecule has 0 spiro atoms. The Morgan fingerprint density at radius 2 is 1.53 bits per heavy atom. The lowest BCUT2D eigenvalue weighted by atomic mass is 9.84. The third kappa shape index (κ3) is 5.03. The molecule has 10 heteroatoms. The lowest BCUT2D eigenvalue weighted by molar-refractivity contribution is 0.0887. The van der Waals surface area contributed by atoms with Crippen molar-refractivity contribution >= 4 is 16.0 Å². The van der Waals surface area contributed by atoms with E-state index in [1.54, 1.807) is 33.5 Å². The first-order valence-corrected chi connectivity index (χ1v) is 11.4. The second-order valence-electron chi connectivity index (χ2n) is 8.28. The van der Waals surface area contributed by atoms with Gasteiger partial charge in [0.05, 0.1) is 34.1 Å². The maximum atomic E-state index is 11.3. The van der Waals surface area contributed by atoms with Gasteiger partial charge >= 0.3 is 10.3 Å². The highest BCUT2D eigenvalue weighted by atomic mass is 32.2. The number of hydrogen-bond donors (Lipinski definition) is 2. The van der Waals surface area contributed by atoms with Crippen LogP contribution >= 0.6 is 0 Å². The van der Waals surface area contributed by atoms with E-state index in [4.69, 9.17) is 18.9 Å². The molecule has 3 rings (SSSR count). The molecule has 0 unspecified atom stereocenters. The van der Waals surface area contributed by atoms with E-state index in [9.17, 15) is 13.0 Å². The van der Waals surface area contributed by atoms with Crippen LogP contribution in [-0.4, -0.2) is 51.8 Å². The summed E-state index contributed by atoms with van der Waals surface area (Å²) < 4.78 is 55.7. The van der Waals surface area contributed by atoms with Crippen molar-refractivity contribution < 1.29 is 31.9 Å². The summed E-state index contributed by atoms with van der Waals surface area (Å²) >= 11 is 0. The molecule has 0 saturated carbocycles. The van der Waals surface area contributed by atoms with Crippen molar-refractivity contribution in [2.45, 2.75) is 38.9 Å². The molecule has 0 saturated heterocycles. The molecule has 1 aliphatic rings. The van der Waals surface area contributed by atoms with Gasteiger partial charge in [-0.25, -0.2) is 0 Å². The average Bonchev–Trinajstić information content (AvgIpc) is 2.71. The molecule has 0 fully saturated rings. The predicted octanol–water partition coefficient (Wildman–Crippen LogP) is 3.27. The number of benzene rings is 2. The highest BCUT2D eigenvalue weighted by Gasteiger charge is 2.34. The van der Waals surface area contributed by atoms with Crippen LogP contribution < -0.4 is 23.7 Å². The molecule has 2 aromatic carbocycles. The van der Waals surface area contributed by atoms with Gasteiger partial charge in [-0.3, -0.25) is 14.2 Å². The van der Waals surface area contributed by atoms with Crippen LogP contribution in [0.15, 0.2) is 24.3 Å². The third-order valence-corrected chi connectivity index (χ3v) is 6.18. The lowest BCUT2D eigenvalue weighted by Gasteiger charge is -2.43. The van der Waals surface area contributed by atoms with Crippen LogP contribution in [0.5, 0.6) is 23.0 Å². The number of nitrogens with zero attached hydrogens (tertiary/aromatic N) is 1. The largest absolute Gasteiger partial charge is 0.495 e. The third-order valence-electron chi connectivity index (χ3n) is 5.70. The highest BCUT2D eigenvalue weighted by molar-refractivity contribution is 7.87. The van der Waals surface area contributed by atoms with Crippen LogP contribution in [0.25, 0.3) is 0 Å². The molecule has 176 valence electrons. The van der Waals surface area contributed by atoms with Gasteiger partial charge in [0.15, 0.2) is 11.5 Å². The zero-order valence-electron chi connectivity index (χ0n) is 19.2. The minimum atomic E-state index is -4.41. The summed E-state index contributed by atoms with van der Waals surface area (Å²) in [6.07, 6.45) is 0.677. The summed E-state index contributed by atoms with van der Waals surface area (Å²) in [4.78, 5) is 2.32. The van der Waals surface area contributed by atoms with Crippen LogP contribution in [0.4, 0.5) is 5.69 Å². The van der Waals surface area contributed by atoms with Crippen molar-refractivity contribution in [1.29, 1.82) is 0 Å². The van der Waals surface area contributed by atoms with E-state index >= 15 is 0 Å². The van der Waals surface area contributed by atoms with Crippen molar-refractivity contribution in [3.63, 3.8) is 0 Å². The average molecular weight is 467 g/mol. The van der Waals surface area contributed by atoms with Crippen molar-refractivity contribution in [3.8, 4) is 23.0 Å². The molecule has 2 N–H and O–H groups in total. The summed E-state index contributed by atoms with van der Waals surface area (Å²) in [7, 11) is 1.80. The zero-order valence-corrected chi connectivity index (χ0v) is 20.0. The van der Waals surface area contributed by atoms with E-state index in [0.29, 0.717) is 42.5 Å². The smallest absolute Gasteiger partial charge is 0.357 e. The van der Waals surface area contributed by atoms with Crippen molar-refractivity contribution in [3.05, 3.63) is 41.0 Å². The fourth-order valence-corrected chi connectivity index (χ4v) is 4.52. The number of hydrogen-bond acceptors (Lipinski definition) is 7. The maximum absolute atomic E-state index is 11.3. The molecular weight excluding hydrogens is 436 g/mol. The standard InChI is InChI=1S/C22H30N2O7S/c1-22(2)11-15-9-17(23-32(25,26)27)18(28-3)10-16(15)13-24(22)12-14-7-19(29-4)21(31-6)20(8-14)30-5/h7-10,23H,11-13H2,1-6H3,(H,25,26,27). The van der Waals surface area contributed by atoms with Crippen LogP contribution in [0.1, 0.15) is 30.5 Å². The Bertz CT molecular complexity index is 1070. The Balaban J connectivity index is 1.95. The van der Waals surface area contributed by atoms with Gasteiger partial charge in [-0.05, 0) is 61.2 Å². The molecule has 32 heavy (non-hydrogen) atoms. The van der Waals surface area contributed by atoms with Gasteiger partial charge in [0, 0.05) is 18.6 Å².